The van der Waals surface area contributed by atoms with Crippen LogP contribution in [-0.4, -0.2) is 52.0 Å². The fourth-order valence-electron chi connectivity index (χ4n) is 9.42. The number of allylic oxidation sites excluding steroid dienone is 1. The number of carbonyl (C=O) groups is 2. The number of aliphatic hydroxyl groups is 2. The lowest BCUT2D eigenvalue weighted by atomic mass is 9.43. The second-order valence-electron chi connectivity index (χ2n) is 12.6. The zero-order chi connectivity index (χ0) is 24.4. The highest BCUT2D eigenvalue weighted by molar-refractivity contribution is 5.97. The predicted octanol–water partition coefficient (Wildman–Crippen LogP) is 3.35. The molecule has 6 heteroatoms. The second kappa shape index (κ2) is 7.04. The van der Waals surface area contributed by atoms with E-state index in [0.717, 1.165) is 25.7 Å². The Morgan fingerprint density at radius 3 is 2.59 bits per heavy atom. The molecule has 0 bridgehead atoms. The van der Waals surface area contributed by atoms with E-state index < -0.39 is 23.2 Å². The first kappa shape index (κ1) is 22.9. The number of ketones is 1. The van der Waals surface area contributed by atoms with Crippen LogP contribution in [-0.2, 0) is 19.1 Å². The molecule has 0 aromatic carbocycles. The molecule has 2 heterocycles. The molecule has 0 aromatic heterocycles. The molecule has 4 fully saturated rings. The molecule has 0 aromatic rings. The third-order valence-corrected chi connectivity index (χ3v) is 11.7. The normalized spacial score (nSPS) is 54.6. The molecule has 3 saturated carbocycles. The van der Waals surface area contributed by atoms with Gasteiger partial charge in [0.15, 0.2) is 5.78 Å². The molecular formula is C28H38O6. The standard InChI is InChI=1S/C28H38O6/c1-13-14(2)25(31)34-22(21(13)30)15(3)16-8-9-17-20-18(10-12-26(16,17)4)27(5)19(29)7-6-11-28(27,32)24-23(20)33-24/h6-7,15-18,20-24,30,32H,8-12H2,1-5H3/t15-,16+,17?,18?,20?,21?,22?,23-,24-,26+,27-,28-/m0/s1. The van der Waals surface area contributed by atoms with Crippen molar-refractivity contribution in [1.82, 2.24) is 0 Å². The summed E-state index contributed by atoms with van der Waals surface area (Å²) in [7, 11) is 0. The molecule has 6 nitrogen and oxygen atoms in total. The van der Waals surface area contributed by atoms with E-state index in [9.17, 15) is 19.8 Å². The van der Waals surface area contributed by atoms with Gasteiger partial charge in [0, 0.05) is 5.57 Å². The molecule has 186 valence electrons. The SMILES string of the molecule is CC1=C(C)C(O)C([C@@H](C)[C@H]2CCC3C4C(CC[C@@]32C)[C@@]2(C)C(=O)C=CC[C@]2(O)[C@H]2O[C@@H]42)OC1=O. The highest BCUT2D eigenvalue weighted by Crippen LogP contribution is 2.71. The Labute approximate surface area is 201 Å². The largest absolute Gasteiger partial charge is 0.456 e. The Bertz CT molecular complexity index is 1010. The summed E-state index contributed by atoms with van der Waals surface area (Å²) in [6.45, 7) is 10.0. The third kappa shape index (κ3) is 2.58. The summed E-state index contributed by atoms with van der Waals surface area (Å²) in [5.41, 5.74) is -0.658. The molecule has 6 aliphatic rings. The van der Waals surface area contributed by atoms with Crippen LogP contribution in [0.1, 0.15) is 66.7 Å². The highest BCUT2D eigenvalue weighted by atomic mass is 16.6. The van der Waals surface area contributed by atoms with Gasteiger partial charge < -0.3 is 19.7 Å². The molecule has 34 heavy (non-hydrogen) atoms. The lowest BCUT2D eigenvalue weighted by molar-refractivity contribution is -0.183. The minimum absolute atomic E-state index is 0.0204. The molecule has 0 radical (unpaired) electrons. The average molecular weight is 471 g/mol. The van der Waals surface area contributed by atoms with Gasteiger partial charge in [0.05, 0.1) is 11.5 Å². The van der Waals surface area contributed by atoms with Gasteiger partial charge in [0.2, 0.25) is 0 Å². The van der Waals surface area contributed by atoms with E-state index in [1.54, 1.807) is 13.0 Å². The molecule has 12 atom stereocenters. The molecule has 0 amide bonds. The van der Waals surface area contributed by atoms with E-state index in [1.165, 1.54) is 0 Å². The van der Waals surface area contributed by atoms with E-state index in [4.69, 9.17) is 9.47 Å². The van der Waals surface area contributed by atoms with E-state index in [2.05, 4.69) is 13.8 Å². The van der Waals surface area contributed by atoms with Crippen molar-refractivity contribution in [3.8, 4) is 0 Å². The van der Waals surface area contributed by atoms with Crippen LogP contribution in [0.25, 0.3) is 0 Å². The minimum Gasteiger partial charge on any atom is -0.456 e. The van der Waals surface area contributed by atoms with Crippen molar-refractivity contribution >= 4 is 11.8 Å². The maximum atomic E-state index is 13.3. The number of rotatable bonds is 2. The molecular weight excluding hydrogens is 432 g/mol. The Hall–Kier alpha value is -1.50. The third-order valence-electron chi connectivity index (χ3n) is 11.7. The average Bonchev–Trinajstić information content (AvgIpc) is 3.53. The Morgan fingerprint density at radius 2 is 1.85 bits per heavy atom. The smallest absolute Gasteiger partial charge is 0.334 e. The fraction of sp³-hybridized carbons (Fsp3) is 0.786. The van der Waals surface area contributed by atoms with E-state index in [0.29, 0.717) is 29.4 Å². The van der Waals surface area contributed by atoms with Gasteiger partial charge in [0.25, 0.3) is 0 Å². The molecule has 4 aliphatic carbocycles. The quantitative estimate of drug-likeness (QED) is 0.475. The number of aliphatic hydroxyl groups excluding tert-OH is 1. The van der Waals surface area contributed by atoms with Crippen molar-refractivity contribution in [1.29, 1.82) is 0 Å². The summed E-state index contributed by atoms with van der Waals surface area (Å²) in [5.74, 6) is 0.821. The van der Waals surface area contributed by atoms with Crippen LogP contribution < -0.4 is 0 Å². The zero-order valence-corrected chi connectivity index (χ0v) is 20.9. The highest BCUT2D eigenvalue weighted by Gasteiger charge is 2.77. The van der Waals surface area contributed by atoms with E-state index in [-0.39, 0.29) is 47.1 Å². The lowest BCUT2D eigenvalue weighted by Crippen LogP contribution is -2.67. The van der Waals surface area contributed by atoms with Crippen LogP contribution in [0.4, 0.5) is 0 Å². The van der Waals surface area contributed by atoms with Crippen molar-refractivity contribution in [3.05, 3.63) is 23.3 Å². The molecule has 5 unspecified atom stereocenters. The zero-order valence-electron chi connectivity index (χ0n) is 20.9. The molecule has 6 rings (SSSR count). The van der Waals surface area contributed by atoms with Crippen molar-refractivity contribution < 1.29 is 29.3 Å². The van der Waals surface area contributed by atoms with Gasteiger partial charge in [-0.2, -0.15) is 0 Å². The fourth-order valence-corrected chi connectivity index (χ4v) is 9.42. The van der Waals surface area contributed by atoms with Gasteiger partial charge in [-0.3, -0.25) is 4.79 Å². The number of epoxide rings is 1. The summed E-state index contributed by atoms with van der Waals surface area (Å²) >= 11 is 0. The second-order valence-corrected chi connectivity index (χ2v) is 12.6. The Morgan fingerprint density at radius 1 is 1.12 bits per heavy atom. The van der Waals surface area contributed by atoms with Crippen LogP contribution in [0.15, 0.2) is 23.3 Å². The molecule has 2 N–H and O–H groups in total. The monoisotopic (exact) mass is 470 g/mol. The van der Waals surface area contributed by atoms with Crippen LogP contribution in [0.2, 0.25) is 0 Å². The van der Waals surface area contributed by atoms with Gasteiger partial charge in [0.1, 0.15) is 23.9 Å². The Kier molecular flexibility index (Phi) is 4.75. The lowest BCUT2D eigenvalue weighted by Gasteiger charge is -2.60. The van der Waals surface area contributed by atoms with Crippen LogP contribution >= 0.6 is 0 Å². The van der Waals surface area contributed by atoms with Crippen LogP contribution in [0.3, 0.4) is 0 Å². The number of fused-ring (bicyclic) bond motifs is 8. The first-order chi connectivity index (χ1) is 16.0. The number of hydrogen-bond acceptors (Lipinski definition) is 6. The number of carbonyl (C=O) groups excluding carboxylic acids is 2. The number of hydrogen-bond donors (Lipinski definition) is 2. The summed E-state index contributed by atoms with van der Waals surface area (Å²) in [4.78, 5) is 25.7. The number of cyclic esters (lactones) is 1. The molecule has 2 aliphatic heterocycles. The summed E-state index contributed by atoms with van der Waals surface area (Å²) < 4.78 is 12.0. The number of ether oxygens (including phenoxy) is 2. The van der Waals surface area contributed by atoms with Crippen molar-refractivity contribution in [2.24, 2.45) is 40.4 Å². The van der Waals surface area contributed by atoms with Crippen molar-refractivity contribution in [2.45, 2.75) is 96.7 Å². The van der Waals surface area contributed by atoms with Gasteiger partial charge in [-0.1, -0.05) is 19.9 Å². The maximum Gasteiger partial charge on any atom is 0.334 e. The minimum atomic E-state index is -1.11. The van der Waals surface area contributed by atoms with E-state index in [1.807, 2.05) is 19.9 Å². The summed E-state index contributed by atoms with van der Waals surface area (Å²) in [6.07, 6.45) is 6.36. The van der Waals surface area contributed by atoms with Gasteiger partial charge in [-0.15, -0.1) is 0 Å². The topological polar surface area (TPSA) is 96.4 Å². The summed E-state index contributed by atoms with van der Waals surface area (Å²) in [6, 6.07) is 0. The first-order valence-corrected chi connectivity index (χ1v) is 13.1. The summed E-state index contributed by atoms with van der Waals surface area (Å²) in [5, 5.41) is 22.7. The van der Waals surface area contributed by atoms with Gasteiger partial charge in [-0.25, -0.2) is 4.79 Å². The van der Waals surface area contributed by atoms with Crippen molar-refractivity contribution in [3.63, 3.8) is 0 Å². The maximum absolute atomic E-state index is 13.3. The van der Waals surface area contributed by atoms with E-state index >= 15 is 0 Å². The number of esters is 1. The van der Waals surface area contributed by atoms with Gasteiger partial charge >= 0.3 is 5.97 Å². The first-order valence-electron chi connectivity index (χ1n) is 13.1. The molecule has 1 saturated heterocycles. The van der Waals surface area contributed by atoms with Crippen LogP contribution in [0.5, 0.6) is 0 Å². The predicted molar refractivity (Wildman–Crippen MR) is 124 cm³/mol. The van der Waals surface area contributed by atoms with Crippen molar-refractivity contribution in [2.75, 3.05) is 0 Å². The van der Waals surface area contributed by atoms with Gasteiger partial charge in [-0.05, 0) is 99.5 Å². The van der Waals surface area contributed by atoms with Crippen LogP contribution in [0, 0.1) is 40.4 Å². The molecule has 0 spiro atoms. The Balaban J connectivity index is 1.31.